The Labute approximate surface area is 92.8 Å². The van der Waals surface area contributed by atoms with Crippen LogP contribution in [0.2, 0.25) is 0 Å². The van der Waals surface area contributed by atoms with Gasteiger partial charge < -0.3 is 5.32 Å². The van der Waals surface area contributed by atoms with Crippen LogP contribution in [0.25, 0.3) is 0 Å². The van der Waals surface area contributed by atoms with Crippen molar-refractivity contribution < 1.29 is 4.79 Å². The second kappa shape index (κ2) is 5.00. The van der Waals surface area contributed by atoms with Crippen LogP contribution in [0.3, 0.4) is 0 Å². The first-order valence-corrected chi connectivity index (χ1v) is 6.57. The molecule has 0 bridgehead atoms. The molecule has 2 heteroatoms. The molecule has 2 fully saturated rings. The molecule has 0 saturated heterocycles. The first-order valence-electron chi connectivity index (χ1n) is 6.57. The van der Waals surface area contributed by atoms with Gasteiger partial charge in [-0.2, -0.15) is 0 Å². The summed E-state index contributed by atoms with van der Waals surface area (Å²) in [5.74, 6) is 2.40. The van der Waals surface area contributed by atoms with E-state index in [1.807, 2.05) is 0 Å². The zero-order chi connectivity index (χ0) is 10.7. The van der Waals surface area contributed by atoms with Gasteiger partial charge in [-0.3, -0.25) is 4.79 Å². The highest BCUT2D eigenvalue weighted by Crippen LogP contribution is 2.31. The molecule has 0 aliphatic heterocycles. The highest BCUT2D eigenvalue weighted by Gasteiger charge is 2.30. The fourth-order valence-electron chi connectivity index (χ4n) is 2.58. The summed E-state index contributed by atoms with van der Waals surface area (Å²) < 4.78 is 0. The first kappa shape index (κ1) is 11.0. The summed E-state index contributed by atoms with van der Waals surface area (Å²) in [5, 5.41) is 3.11. The van der Waals surface area contributed by atoms with Crippen molar-refractivity contribution in [2.24, 2.45) is 17.8 Å². The topological polar surface area (TPSA) is 29.1 Å². The molecule has 0 heterocycles. The smallest absolute Gasteiger partial charge is 0.223 e. The van der Waals surface area contributed by atoms with E-state index in [9.17, 15) is 4.79 Å². The molecule has 15 heavy (non-hydrogen) atoms. The fourth-order valence-corrected chi connectivity index (χ4v) is 2.58. The van der Waals surface area contributed by atoms with Crippen molar-refractivity contribution in [1.82, 2.24) is 5.32 Å². The molecular weight excluding hydrogens is 186 g/mol. The number of rotatable bonds is 4. The van der Waals surface area contributed by atoms with Gasteiger partial charge in [-0.15, -0.1) is 0 Å². The van der Waals surface area contributed by atoms with Crippen LogP contribution in [0.4, 0.5) is 0 Å². The van der Waals surface area contributed by atoms with E-state index in [2.05, 4.69) is 12.2 Å². The molecule has 2 aliphatic rings. The van der Waals surface area contributed by atoms with Crippen molar-refractivity contribution in [2.45, 2.75) is 51.9 Å². The molecule has 0 aromatic heterocycles. The maximum atomic E-state index is 11.5. The van der Waals surface area contributed by atoms with Gasteiger partial charge in [0.15, 0.2) is 0 Å². The molecule has 0 spiro atoms. The van der Waals surface area contributed by atoms with Crippen molar-refractivity contribution >= 4 is 5.91 Å². The summed E-state index contributed by atoms with van der Waals surface area (Å²) >= 11 is 0. The van der Waals surface area contributed by atoms with Gasteiger partial charge in [0.05, 0.1) is 0 Å². The lowest BCUT2D eigenvalue weighted by Gasteiger charge is -2.27. The van der Waals surface area contributed by atoms with E-state index in [0.717, 1.165) is 31.2 Å². The molecule has 0 aromatic carbocycles. The number of amides is 1. The lowest BCUT2D eigenvalue weighted by Crippen LogP contribution is -2.32. The molecule has 0 aromatic rings. The molecule has 0 radical (unpaired) electrons. The summed E-state index contributed by atoms with van der Waals surface area (Å²) in [7, 11) is 0. The summed E-state index contributed by atoms with van der Waals surface area (Å²) in [5.41, 5.74) is 0. The van der Waals surface area contributed by atoms with E-state index < -0.39 is 0 Å². The molecule has 2 rings (SSSR count). The number of hydrogen-bond donors (Lipinski definition) is 1. The molecule has 1 amide bonds. The molecule has 2 nitrogen and oxygen atoms in total. The number of carbonyl (C=O) groups excluding carboxylic acids is 1. The second-order valence-corrected chi connectivity index (χ2v) is 5.31. The molecule has 0 atom stereocenters. The van der Waals surface area contributed by atoms with Gasteiger partial charge in [-0.1, -0.05) is 26.2 Å². The Kier molecular flexibility index (Phi) is 3.66. The number of nitrogens with one attached hydrogen (secondary N) is 1. The monoisotopic (exact) mass is 209 g/mol. The minimum Gasteiger partial charge on any atom is -0.356 e. The van der Waals surface area contributed by atoms with Crippen LogP contribution in [0.1, 0.15) is 51.9 Å². The first-order chi connectivity index (χ1) is 7.29. The SMILES string of the molecule is CCC1CCC(CNC(=O)C2CC2)CC1. The Morgan fingerprint density at radius 3 is 2.20 bits per heavy atom. The average Bonchev–Trinajstić information content (AvgIpc) is 3.10. The van der Waals surface area contributed by atoms with Gasteiger partial charge in [-0.25, -0.2) is 0 Å². The average molecular weight is 209 g/mol. The van der Waals surface area contributed by atoms with Gasteiger partial charge in [0, 0.05) is 12.5 Å². The number of carbonyl (C=O) groups is 1. The van der Waals surface area contributed by atoms with Crippen LogP contribution in [0, 0.1) is 17.8 Å². The van der Waals surface area contributed by atoms with Crippen LogP contribution in [0.5, 0.6) is 0 Å². The quantitative estimate of drug-likeness (QED) is 0.758. The van der Waals surface area contributed by atoms with Crippen molar-refractivity contribution in [3.8, 4) is 0 Å². The zero-order valence-corrected chi connectivity index (χ0v) is 9.80. The van der Waals surface area contributed by atoms with Gasteiger partial charge >= 0.3 is 0 Å². The Balaban J connectivity index is 1.61. The maximum absolute atomic E-state index is 11.5. The summed E-state index contributed by atoms with van der Waals surface area (Å²) in [6.45, 7) is 3.23. The summed E-state index contributed by atoms with van der Waals surface area (Å²) in [6, 6.07) is 0. The zero-order valence-electron chi connectivity index (χ0n) is 9.80. The third-order valence-corrected chi connectivity index (χ3v) is 4.06. The van der Waals surface area contributed by atoms with E-state index in [1.165, 1.54) is 32.1 Å². The maximum Gasteiger partial charge on any atom is 0.223 e. The van der Waals surface area contributed by atoms with Crippen molar-refractivity contribution in [1.29, 1.82) is 0 Å². The predicted molar refractivity (Wildman–Crippen MR) is 61.5 cm³/mol. The highest BCUT2D eigenvalue weighted by atomic mass is 16.2. The van der Waals surface area contributed by atoms with Crippen LogP contribution >= 0.6 is 0 Å². The van der Waals surface area contributed by atoms with Crippen LogP contribution < -0.4 is 5.32 Å². The minimum atomic E-state index is 0.313. The van der Waals surface area contributed by atoms with Crippen LogP contribution in [-0.4, -0.2) is 12.5 Å². The molecule has 2 saturated carbocycles. The second-order valence-electron chi connectivity index (χ2n) is 5.31. The Bertz CT molecular complexity index is 215. The predicted octanol–water partition coefficient (Wildman–Crippen LogP) is 2.73. The number of hydrogen-bond acceptors (Lipinski definition) is 1. The normalized spacial score (nSPS) is 31.3. The highest BCUT2D eigenvalue weighted by molar-refractivity contribution is 5.80. The fraction of sp³-hybridized carbons (Fsp3) is 0.923. The van der Waals surface area contributed by atoms with E-state index in [0.29, 0.717) is 11.8 Å². The molecule has 1 N–H and O–H groups in total. The van der Waals surface area contributed by atoms with Crippen molar-refractivity contribution in [2.75, 3.05) is 6.54 Å². The summed E-state index contributed by atoms with van der Waals surface area (Å²) in [6.07, 6.45) is 8.97. The standard InChI is InChI=1S/C13H23NO/c1-2-10-3-5-11(6-4-10)9-14-13(15)12-7-8-12/h10-12H,2-9H2,1H3,(H,14,15). The van der Waals surface area contributed by atoms with E-state index in [4.69, 9.17) is 0 Å². The molecule has 86 valence electrons. The Morgan fingerprint density at radius 2 is 1.67 bits per heavy atom. The van der Waals surface area contributed by atoms with Crippen molar-refractivity contribution in [3.63, 3.8) is 0 Å². The van der Waals surface area contributed by atoms with Crippen LogP contribution in [0.15, 0.2) is 0 Å². The molecule has 2 aliphatic carbocycles. The lowest BCUT2D eigenvalue weighted by atomic mass is 9.81. The Morgan fingerprint density at radius 1 is 1.07 bits per heavy atom. The Hall–Kier alpha value is -0.530. The largest absolute Gasteiger partial charge is 0.356 e. The lowest BCUT2D eigenvalue weighted by molar-refractivity contribution is -0.122. The van der Waals surface area contributed by atoms with Gasteiger partial charge in [0.25, 0.3) is 0 Å². The van der Waals surface area contributed by atoms with E-state index in [-0.39, 0.29) is 0 Å². The van der Waals surface area contributed by atoms with Crippen molar-refractivity contribution in [3.05, 3.63) is 0 Å². The minimum absolute atomic E-state index is 0.313. The van der Waals surface area contributed by atoms with Gasteiger partial charge in [0.1, 0.15) is 0 Å². The van der Waals surface area contributed by atoms with Gasteiger partial charge in [0.2, 0.25) is 5.91 Å². The third-order valence-electron chi connectivity index (χ3n) is 4.06. The summed E-state index contributed by atoms with van der Waals surface area (Å²) in [4.78, 5) is 11.5. The third kappa shape index (κ3) is 3.22. The van der Waals surface area contributed by atoms with Crippen LogP contribution in [-0.2, 0) is 4.79 Å². The molecule has 0 unspecified atom stereocenters. The van der Waals surface area contributed by atoms with Gasteiger partial charge in [-0.05, 0) is 37.5 Å². The van der Waals surface area contributed by atoms with E-state index >= 15 is 0 Å². The molecular formula is C13H23NO. The van der Waals surface area contributed by atoms with E-state index in [1.54, 1.807) is 0 Å².